The van der Waals surface area contributed by atoms with Gasteiger partial charge in [-0.3, -0.25) is 0 Å². The lowest BCUT2D eigenvalue weighted by Crippen LogP contribution is -2.31. The van der Waals surface area contributed by atoms with Gasteiger partial charge in [-0.25, -0.2) is 4.79 Å². The Morgan fingerprint density at radius 2 is 2.21 bits per heavy atom. The zero-order valence-electron chi connectivity index (χ0n) is 11.5. The summed E-state index contributed by atoms with van der Waals surface area (Å²) in [6.07, 6.45) is 3.67. The number of carbonyl (C=O) groups is 1. The number of ether oxygens (including phenoxy) is 1. The van der Waals surface area contributed by atoms with Crippen molar-refractivity contribution in [3.05, 3.63) is 48.6 Å². The van der Waals surface area contributed by atoms with Gasteiger partial charge in [-0.1, -0.05) is 43.3 Å². The first-order valence-corrected chi connectivity index (χ1v) is 6.69. The quantitative estimate of drug-likeness (QED) is 0.773. The summed E-state index contributed by atoms with van der Waals surface area (Å²) in [5.74, 6) is 0. The number of amides is 1. The van der Waals surface area contributed by atoms with Gasteiger partial charge < -0.3 is 9.64 Å². The molecule has 1 heterocycles. The monoisotopic (exact) mass is 259 g/mol. The number of benzene rings is 1. The lowest BCUT2D eigenvalue weighted by molar-refractivity contribution is 0.100. The summed E-state index contributed by atoms with van der Waals surface area (Å²) in [6, 6.07) is 9.76. The van der Waals surface area contributed by atoms with Gasteiger partial charge in [-0.2, -0.15) is 0 Å². The molecule has 1 atom stereocenters. The second-order valence-corrected chi connectivity index (χ2v) is 5.52. The van der Waals surface area contributed by atoms with Crippen LogP contribution in [0, 0.1) is 5.41 Å². The number of nitrogens with zero attached hydrogens (tertiary/aromatic N) is 1. The van der Waals surface area contributed by atoms with Crippen molar-refractivity contribution in [2.75, 3.05) is 13.1 Å². The van der Waals surface area contributed by atoms with Crippen LogP contribution in [0.25, 0.3) is 0 Å². The highest BCUT2D eigenvalue weighted by Crippen LogP contribution is 2.33. The molecule has 0 aliphatic carbocycles. The molecule has 1 aliphatic rings. The molecule has 102 valence electrons. The molecule has 0 unspecified atom stereocenters. The predicted molar refractivity (Wildman–Crippen MR) is 75.7 cm³/mol. The fraction of sp³-hybridized carbons (Fsp3) is 0.438. The Bertz CT molecular complexity index is 443. The van der Waals surface area contributed by atoms with Crippen LogP contribution in [-0.2, 0) is 11.3 Å². The summed E-state index contributed by atoms with van der Waals surface area (Å²) < 4.78 is 5.34. The number of hydrogen-bond donors (Lipinski definition) is 0. The molecular formula is C16H21NO2. The Morgan fingerprint density at radius 1 is 1.47 bits per heavy atom. The molecule has 2 rings (SSSR count). The van der Waals surface area contributed by atoms with E-state index in [1.807, 2.05) is 36.4 Å². The van der Waals surface area contributed by atoms with Gasteiger partial charge in [-0.15, -0.1) is 6.58 Å². The lowest BCUT2D eigenvalue weighted by Gasteiger charge is -2.22. The van der Waals surface area contributed by atoms with Gasteiger partial charge >= 0.3 is 6.09 Å². The first-order valence-electron chi connectivity index (χ1n) is 6.69. The maximum absolute atomic E-state index is 12.0. The van der Waals surface area contributed by atoms with E-state index in [-0.39, 0.29) is 11.5 Å². The number of carbonyl (C=O) groups excluding carboxylic acids is 1. The number of hydrogen-bond acceptors (Lipinski definition) is 2. The standard InChI is InChI=1S/C16H21NO2/c1-3-9-16(2)10-11-17(13-16)15(18)19-12-14-7-5-4-6-8-14/h3-8H,1,9-13H2,2H3/t16-/m1/s1. The van der Waals surface area contributed by atoms with Crippen LogP contribution in [0.2, 0.25) is 0 Å². The lowest BCUT2D eigenvalue weighted by atomic mass is 9.86. The van der Waals surface area contributed by atoms with Crippen LogP contribution in [0.3, 0.4) is 0 Å². The van der Waals surface area contributed by atoms with Gasteiger partial charge in [0.05, 0.1) is 0 Å². The average Bonchev–Trinajstić information content (AvgIpc) is 2.80. The molecule has 1 aromatic rings. The van der Waals surface area contributed by atoms with E-state index < -0.39 is 0 Å². The van der Waals surface area contributed by atoms with Crippen LogP contribution in [0.5, 0.6) is 0 Å². The molecule has 1 fully saturated rings. The van der Waals surface area contributed by atoms with Crippen molar-refractivity contribution < 1.29 is 9.53 Å². The summed E-state index contributed by atoms with van der Waals surface area (Å²) in [7, 11) is 0. The summed E-state index contributed by atoms with van der Waals surface area (Å²) in [6.45, 7) is 7.85. The van der Waals surface area contributed by atoms with Crippen LogP contribution in [0.1, 0.15) is 25.3 Å². The number of rotatable bonds is 4. The fourth-order valence-electron chi connectivity index (χ4n) is 2.51. The molecule has 0 aromatic heterocycles. The summed E-state index contributed by atoms with van der Waals surface area (Å²) in [5, 5.41) is 0. The molecule has 0 radical (unpaired) electrons. The minimum absolute atomic E-state index is 0.160. The molecule has 0 spiro atoms. The van der Waals surface area contributed by atoms with E-state index in [9.17, 15) is 4.79 Å². The second-order valence-electron chi connectivity index (χ2n) is 5.52. The molecule has 1 aromatic carbocycles. The highest BCUT2D eigenvalue weighted by molar-refractivity contribution is 5.68. The largest absolute Gasteiger partial charge is 0.445 e. The predicted octanol–water partition coefficient (Wildman–Crippen LogP) is 3.61. The fourth-order valence-corrected chi connectivity index (χ4v) is 2.51. The average molecular weight is 259 g/mol. The van der Waals surface area contributed by atoms with Gasteiger partial charge in [0.2, 0.25) is 0 Å². The van der Waals surface area contributed by atoms with Gasteiger partial charge in [0.1, 0.15) is 6.61 Å². The normalized spacial score (nSPS) is 22.3. The van der Waals surface area contributed by atoms with Crippen molar-refractivity contribution in [1.29, 1.82) is 0 Å². The number of likely N-dealkylation sites (tertiary alicyclic amines) is 1. The van der Waals surface area contributed by atoms with Crippen molar-refractivity contribution in [3.63, 3.8) is 0 Å². The summed E-state index contributed by atoms with van der Waals surface area (Å²) in [5.41, 5.74) is 1.18. The van der Waals surface area contributed by atoms with E-state index in [1.165, 1.54) is 0 Å². The van der Waals surface area contributed by atoms with Crippen LogP contribution >= 0.6 is 0 Å². The Labute approximate surface area is 114 Å². The molecule has 0 N–H and O–H groups in total. The highest BCUT2D eigenvalue weighted by Gasteiger charge is 2.35. The van der Waals surface area contributed by atoms with E-state index in [0.717, 1.165) is 31.5 Å². The zero-order chi connectivity index (χ0) is 13.7. The summed E-state index contributed by atoms with van der Waals surface area (Å²) >= 11 is 0. The Balaban J connectivity index is 1.83. The molecule has 1 saturated heterocycles. The minimum Gasteiger partial charge on any atom is -0.445 e. The van der Waals surface area contributed by atoms with Crippen molar-refractivity contribution in [2.24, 2.45) is 5.41 Å². The van der Waals surface area contributed by atoms with Crippen molar-refractivity contribution >= 4 is 6.09 Å². The molecule has 3 heteroatoms. The van der Waals surface area contributed by atoms with Gasteiger partial charge in [0.25, 0.3) is 0 Å². The summed E-state index contributed by atoms with van der Waals surface area (Å²) in [4.78, 5) is 13.8. The molecule has 1 aliphatic heterocycles. The Hall–Kier alpha value is -1.77. The molecule has 0 saturated carbocycles. The third-order valence-corrected chi connectivity index (χ3v) is 3.66. The third-order valence-electron chi connectivity index (χ3n) is 3.66. The van der Waals surface area contributed by atoms with Gasteiger partial charge in [-0.05, 0) is 23.8 Å². The van der Waals surface area contributed by atoms with Crippen LogP contribution < -0.4 is 0 Å². The zero-order valence-corrected chi connectivity index (χ0v) is 11.5. The Morgan fingerprint density at radius 3 is 2.89 bits per heavy atom. The van der Waals surface area contributed by atoms with Gasteiger partial charge in [0, 0.05) is 13.1 Å². The van der Waals surface area contributed by atoms with Crippen LogP contribution in [0.15, 0.2) is 43.0 Å². The van der Waals surface area contributed by atoms with Crippen LogP contribution in [0.4, 0.5) is 4.79 Å². The highest BCUT2D eigenvalue weighted by atomic mass is 16.6. The van der Waals surface area contributed by atoms with Crippen molar-refractivity contribution in [1.82, 2.24) is 4.90 Å². The molecule has 0 bridgehead atoms. The van der Waals surface area contributed by atoms with E-state index in [2.05, 4.69) is 13.5 Å². The van der Waals surface area contributed by atoms with E-state index in [4.69, 9.17) is 4.74 Å². The first kappa shape index (κ1) is 13.7. The van der Waals surface area contributed by atoms with Crippen molar-refractivity contribution in [2.45, 2.75) is 26.4 Å². The van der Waals surface area contributed by atoms with Crippen molar-refractivity contribution in [3.8, 4) is 0 Å². The second kappa shape index (κ2) is 5.91. The van der Waals surface area contributed by atoms with Gasteiger partial charge in [0.15, 0.2) is 0 Å². The topological polar surface area (TPSA) is 29.5 Å². The Kier molecular flexibility index (Phi) is 4.25. The molecule has 3 nitrogen and oxygen atoms in total. The molecule has 19 heavy (non-hydrogen) atoms. The van der Waals surface area contributed by atoms with E-state index >= 15 is 0 Å². The maximum Gasteiger partial charge on any atom is 0.410 e. The maximum atomic E-state index is 12.0. The first-order chi connectivity index (χ1) is 9.13. The SMILES string of the molecule is C=CC[C@]1(C)CCN(C(=O)OCc2ccccc2)C1. The van der Waals surface area contributed by atoms with Crippen LogP contribution in [-0.4, -0.2) is 24.1 Å². The van der Waals surface area contributed by atoms with E-state index in [1.54, 1.807) is 4.90 Å². The third kappa shape index (κ3) is 3.60. The minimum atomic E-state index is -0.211. The smallest absolute Gasteiger partial charge is 0.410 e. The number of allylic oxidation sites excluding steroid dienone is 1. The molecular weight excluding hydrogens is 238 g/mol. The molecule has 1 amide bonds. The van der Waals surface area contributed by atoms with E-state index in [0.29, 0.717) is 6.61 Å².